The third-order valence-corrected chi connectivity index (χ3v) is 5.81. The second kappa shape index (κ2) is 5.26. The van der Waals surface area contributed by atoms with Gasteiger partial charge in [0, 0.05) is 4.88 Å². The number of thiophene rings is 1. The maximum Gasteiger partial charge on any atom is 0.250 e. The number of sulfonamides is 1. The molecule has 4 nitrogen and oxygen atoms in total. The van der Waals surface area contributed by atoms with Crippen LogP contribution in [0.25, 0.3) is 0 Å². The third kappa shape index (κ3) is 2.82. The van der Waals surface area contributed by atoms with Crippen molar-refractivity contribution in [2.45, 2.75) is 30.5 Å². The molecule has 0 amide bonds. The zero-order valence-electron chi connectivity index (χ0n) is 10.2. The molecule has 2 aromatic rings. The van der Waals surface area contributed by atoms with Crippen molar-refractivity contribution < 1.29 is 12.8 Å². The Kier molecular flexibility index (Phi) is 3.89. The smallest absolute Gasteiger partial charge is 0.250 e. The quantitative estimate of drug-likeness (QED) is 0.919. The minimum atomic E-state index is -3.47. The number of hydrogen-bond acceptors (Lipinski definition) is 4. The van der Waals surface area contributed by atoms with Gasteiger partial charge >= 0.3 is 0 Å². The molecule has 98 valence electrons. The molecular formula is C12H15NO3S2. The molecule has 2 aromatic heterocycles. The zero-order valence-corrected chi connectivity index (χ0v) is 11.8. The molecule has 1 unspecified atom stereocenters. The number of hydrogen-bond donors (Lipinski definition) is 1. The molecule has 1 atom stereocenters. The summed E-state index contributed by atoms with van der Waals surface area (Å²) in [5.41, 5.74) is 0. The van der Waals surface area contributed by atoms with Crippen molar-refractivity contribution in [1.82, 2.24) is 4.72 Å². The summed E-state index contributed by atoms with van der Waals surface area (Å²) in [5, 5.41) is 0. The average molecular weight is 285 g/mol. The lowest BCUT2D eigenvalue weighted by atomic mass is 10.3. The van der Waals surface area contributed by atoms with E-state index in [1.165, 1.54) is 17.6 Å². The van der Waals surface area contributed by atoms with E-state index in [0.717, 1.165) is 11.3 Å². The molecule has 0 saturated heterocycles. The number of furan rings is 1. The molecule has 0 saturated carbocycles. The normalized spacial score (nSPS) is 13.7. The maximum absolute atomic E-state index is 12.1. The minimum absolute atomic E-state index is 0.345. The predicted octanol–water partition coefficient (Wildman–Crippen LogP) is 2.94. The lowest BCUT2D eigenvalue weighted by Gasteiger charge is -2.10. The molecule has 0 spiro atoms. The fourth-order valence-electron chi connectivity index (χ4n) is 1.58. The van der Waals surface area contributed by atoms with Crippen LogP contribution in [0.4, 0.5) is 0 Å². The van der Waals surface area contributed by atoms with E-state index in [-0.39, 0.29) is 6.04 Å². The van der Waals surface area contributed by atoms with Gasteiger partial charge in [0.25, 0.3) is 10.0 Å². The van der Waals surface area contributed by atoms with Crippen molar-refractivity contribution in [3.05, 3.63) is 41.2 Å². The van der Waals surface area contributed by atoms with Crippen LogP contribution in [-0.4, -0.2) is 8.42 Å². The van der Waals surface area contributed by atoms with Gasteiger partial charge in [-0.25, -0.2) is 13.1 Å². The van der Waals surface area contributed by atoms with E-state index >= 15 is 0 Å². The topological polar surface area (TPSA) is 59.3 Å². The molecule has 0 fully saturated rings. The second-order valence-corrected chi connectivity index (χ2v) is 7.04. The van der Waals surface area contributed by atoms with Gasteiger partial charge in [-0.05, 0) is 37.6 Å². The molecule has 0 aliphatic rings. The van der Waals surface area contributed by atoms with Gasteiger partial charge in [0.15, 0.2) is 0 Å². The van der Waals surface area contributed by atoms with Crippen molar-refractivity contribution in [3.8, 4) is 0 Å². The molecule has 0 aliphatic carbocycles. The van der Waals surface area contributed by atoms with Gasteiger partial charge in [-0.1, -0.05) is 6.92 Å². The van der Waals surface area contributed by atoms with Crippen molar-refractivity contribution in [2.24, 2.45) is 0 Å². The van der Waals surface area contributed by atoms with Crippen LogP contribution in [0.15, 0.2) is 39.2 Å². The van der Waals surface area contributed by atoms with E-state index in [0.29, 0.717) is 9.97 Å². The average Bonchev–Trinajstić information content (AvgIpc) is 3.00. The Morgan fingerprint density at radius 1 is 1.39 bits per heavy atom. The highest BCUT2D eigenvalue weighted by Crippen LogP contribution is 2.24. The Balaban J connectivity index is 2.17. The first-order valence-corrected chi connectivity index (χ1v) is 7.97. The molecule has 0 bridgehead atoms. The molecule has 6 heteroatoms. The van der Waals surface area contributed by atoms with Crippen LogP contribution < -0.4 is 4.72 Å². The lowest BCUT2D eigenvalue weighted by Crippen LogP contribution is -2.25. The van der Waals surface area contributed by atoms with Crippen molar-refractivity contribution in [1.29, 1.82) is 0 Å². The maximum atomic E-state index is 12.1. The first-order valence-electron chi connectivity index (χ1n) is 5.67. The summed E-state index contributed by atoms with van der Waals surface area (Å²) >= 11 is 1.30. The second-order valence-electron chi connectivity index (χ2n) is 3.93. The summed E-state index contributed by atoms with van der Waals surface area (Å²) in [5.74, 6) is 0.603. The highest BCUT2D eigenvalue weighted by atomic mass is 32.2. The summed E-state index contributed by atoms with van der Waals surface area (Å²) in [6.07, 6.45) is 2.37. The van der Waals surface area contributed by atoms with E-state index in [2.05, 4.69) is 4.72 Å². The summed E-state index contributed by atoms with van der Waals surface area (Å²) in [6.45, 7) is 3.76. The van der Waals surface area contributed by atoms with Gasteiger partial charge in [0.05, 0.1) is 12.3 Å². The van der Waals surface area contributed by atoms with E-state index in [1.54, 1.807) is 25.1 Å². The molecule has 2 heterocycles. The summed E-state index contributed by atoms with van der Waals surface area (Å²) in [7, 11) is -3.47. The van der Waals surface area contributed by atoms with Gasteiger partial charge in [-0.3, -0.25) is 0 Å². The number of aryl methyl sites for hydroxylation is 1. The van der Waals surface area contributed by atoms with Crippen LogP contribution in [0.1, 0.15) is 30.5 Å². The fourth-order valence-corrected chi connectivity index (χ4v) is 4.10. The monoisotopic (exact) mass is 285 g/mol. The van der Waals surface area contributed by atoms with Crippen LogP contribution in [0.3, 0.4) is 0 Å². The van der Waals surface area contributed by atoms with Crippen LogP contribution in [0.2, 0.25) is 0 Å². The van der Waals surface area contributed by atoms with E-state index < -0.39 is 10.0 Å². The van der Waals surface area contributed by atoms with Crippen LogP contribution >= 0.6 is 11.3 Å². The van der Waals surface area contributed by atoms with Crippen LogP contribution in [0, 0.1) is 0 Å². The Bertz CT molecular complexity index is 599. The molecule has 2 rings (SSSR count). The third-order valence-electron chi connectivity index (χ3n) is 2.55. The molecule has 0 aliphatic heterocycles. The van der Waals surface area contributed by atoms with Crippen molar-refractivity contribution >= 4 is 21.4 Å². The first-order chi connectivity index (χ1) is 8.53. The fraction of sp³-hybridized carbons (Fsp3) is 0.333. The van der Waals surface area contributed by atoms with E-state index in [9.17, 15) is 8.42 Å². The van der Waals surface area contributed by atoms with E-state index in [1.807, 2.05) is 13.0 Å². The molecule has 0 aromatic carbocycles. The van der Waals surface area contributed by atoms with Gasteiger partial charge < -0.3 is 4.42 Å². The number of rotatable bonds is 5. The largest absolute Gasteiger partial charge is 0.468 e. The zero-order chi connectivity index (χ0) is 13.2. The molecule has 1 N–H and O–H groups in total. The van der Waals surface area contributed by atoms with Crippen LogP contribution in [0.5, 0.6) is 0 Å². The van der Waals surface area contributed by atoms with Crippen molar-refractivity contribution in [2.75, 3.05) is 0 Å². The van der Waals surface area contributed by atoms with Crippen LogP contribution in [-0.2, 0) is 16.4 Å². The highest BCUT2D eigenvalue weighted by molar-refractivity contribution is 7.91. The SMILES string of the molecule is CCc1ccc(S(=O)(=O)NC(C)c2ccco2)s1. The lowest BCUT2D eigenvalue weighted by molar-refractivity contribution is 0.459. The Labute approximate surface area is 111 Å². The van der Waals surface area contributed by atoms with Gasteiger partial charge in [0.1, 0.15) is 9.97 Å². The van der Waals surface area contributed by atoms with Gasteiger partial charge in [0.2, 0.25) is 0 Å². The summed E-state index contributed by atoms with van der Waals surface area (Å²) in [4.78, 5) is 1.06. The van der Waals surface area contributed by atoms with E-state index in [4.69, 9.17) is 4.42 Å². The van der Waals surface area contributed by atoms with Gasteiger partial charge in [-0.15, -0.1) is 11.3 Å². The van der Waals surface area contributed by atoms with Gasteiger partial charge in [-0.2, -0.15) is 0 Å². The molecular weight excluding hydrogens is 270 g/mol. The summed E-state index contributed by atoms with van der Waals surface area (Å²) in [6, 6.07) is 6.59. The molecule has 18 heavy (non-hydrogen) atoms. The molecule has 0 radical (unpaired) electrons. The Morgan fingerprint density at radius 3 is 2.72 bits per heavy atom. The Morgan fingerprint density at radius 2 is 2.17 bits per heavy atom. The minimum Gasteiger partial charge on any atom is -0.468 e. The number of nitrogens with one attached hydrogen (secondary N) is 1. The van der Waals surface area contributed by atoms with Crippen molar-refractivity contribution in [3.63, 3.8) is 0 Å². The predicted molar refractivity (Wildman–Crippen MR) is 71.1 cm³/mol. The first kappa shape index (κ1) is 13.3. The highest BCUT2D eigenvalue weighted by Gasteiger charge is 2.21. The Hall–Kier alpha value is -1.11. The summed E-state index contributed by atoms with van der Waals surface area (Å²) < 4.78 is 32.4. The standard InChI is InChI=1S/C12H15NO3S2/c1-3-10-6-7-12(17-10)18(14,15)13-9(2)11-5-4-8-16-11/h4-9,13H,3H2,1-2H3.